The summed E-state index contributed by atoms with van der Waals surface area (Å²) < 4.78 is 35.9. The van der Waals surface area contributed by atoms with Crippen molar-refractivity contribution < 1.29 is 22.5 Å². The molecule has 0 aromatic heterocycles. The summed E-state index contributed by atoms with van der Waals surface area (Å²) in [6.45, 7) is -0.347. The summed E-state index contributed by atoms with van der Waals surface area (Å²) in [5, 5.41) is 14.3. The summed E-state index contributed by atoms with van der Waals surface area (Å²) in [5.74, 6) is -1.68. The second kappa shape index (κ2) is 5.20. The van der Waals surface area contributed by atoms with Gasteiger partial charge in [-0.15, -0.1) is 0 Å². The number of nitrogens with zero attached hydrogens (tertiary/aromatic N) is 2. The van der Waals surface area contributed by atoms with Crippen molar-refractivity contribution in [3.8, 4) is 0 Å². The van der Waals surface area contributed by atoms with Gasteiger partial charge in [-0.25, -0.2) is 17.9 Å². The van der Waals surface area contributed by atoms with Gasteiger partial charge in [-0.2, -0.15) is 0 Å². The third kappa shape index (κ3) is 2.96. The lowest BCUT2D eigenvalue weighted by molar-refractivity contribution is -0.384. The zero-order valence-electron chi connectivity index (χ0n) is 10.3. The molecular weight excluding hydrogens is 329 g/mol. The molecular formula is C10H9ClFN3O5S. The Morgan fingerprint density at radius 1 is 1.48 bits per heavy atom. The van der Waals surface area contributed by atoms with Crippen molar-refractivity contribution in [2.75, 3.05) is 11.4 Å². The van der Waals surface area contributed by atoms with Gasteiger partial charge in [0.05, 0.1) is 16.0 Å². The number of anilines is 1. The molecule has 0 saturated carbocycles. The SMILES string of the molecule is NS(=O)(=O)C1CC(=O)N(c2cc(Cl)c(F)cc2[N+](=O)[O-])C1. The molecule has 1 amide bonds. The summed E-state index contributed by atoms with van der Waals surface area (Å²) in [6, 6.07) is 1.49. The minimum Gasteiger partial charge on any atom is -0.305 e. The van der Waals surface area contributed by atoms with Crippen molar-refractivity contribution in [2.45, 2.75) is 11.7 Å². The molecule has 1 aliphatic rings. The Kier molecular flexibility index (Phi) is 3.87. The number of benzene rings is 1. The first-order valence-electron chi connectivity index (χ1n) is 5.56. The van der Waals surface area contributed by atoms with E-state index in [0.717, 1.165) is 11.0 Å². The first-order chi connectivity index (χ1) is 9.61. The predicted octanol–water partition coefficient (Wildman–Crippen LogP) is 0.781. The Morgan fingerprint density at radius 3 is 2.57 bits per heavy atom. The highest BCUT2D eigenvalue weighted by atomic mass is 35.5. The Hall–Kier alpha value is -1.78. The maximum atomic E-state index is 13.3. The van der Waals surface area contributed by atoms with E-state index < -0.39 is 49.1 Å². The molecule has 114 valence electrons. The fourth-order valence-electron chi connectivity index (χ4n) is 2.02. The van der Waals surface area contributed by atoms with Crippen molar-refractivity contribution in [2.24, 2.45) is 5.14 Å². The molecule has 1 aliphatic heterocycles. The second-order valence-corrected chi connectivity index (χ2v) is 6.68. The lowest BCUT2D eigenvalue weighted by Gasteiger charge is -2.16. The van der Waals surface area contributed by atoms with Gasteiger partial charge in [-0.05, 0) is 6.07 Å². The summed E-state index contributed by atoms with van der Waals surface area (Å²) in [4.78, 5) is 22.8. The highest BCUT2D eigenvalue weighted by molar-refractivity contribution is 7.89. The van der Waals surface area contributed by atoms with Gasteiger partial charge in [0.2, 0.25) is 15.9 Å². The lowest BCUT2D eigenvalue weighted by atomic mass is 10.2. The van der Waals surface area contributed by atoms with Crippen molar-refractivity contribution in [3.05, 3.63) is 33.1 Å². The molecule has 0 bridgehead atoms. The molecule has 8 nitrogen and oxygen atoms in total. The van der Waals surface area contributed by atoms with Crippen LogP contribution < -0.4 is 10.0 Å². The molecule has 1 aromatic carbocycles. The minimum atomic E-state index is -3.97. The number of sulfonamides is 1. The number of nitro benzene ring substituents is 1. The lowest BCUT2D eigenvalue weighted by Crippen LogP contribution is -2.32. The third-order valence-electron chi connectivity index (χ3n) is 3.06. The fourth-order valence-corrected chi connectivity index (χ4v) is 2.91. The average Bonchev–Trinajstić information content (AvgIpc) is 2.74. The van der Waals surface area contributed by atoms with Crippen LogP contribution in [0, 0.1) is 15.9 Å². The Bertz CT molecular complexity index is 738. The number of amides is 1. The van der Waals surface area contributed by atoms with Crippen LogP contribution in [-0.4, -0.2) is 31.0 Å². The third-order valence-corrected chi connectivity index (χ3v) is 4.59. The maximum absolute atomic E-state index is 13.3. The number of carbonyl (C=O) groups excluding carboxylic acids is 1. The Balaban J connectivity index is 2.50. The fraction of sp³-hybridized carbons (Fsp3) is 0.300. The first kappa shape index (κ1) is 15.6. The summed E-state index contributed by atoms with van der Waals surface area (Å²) in [7, 11) is -3.97. The molecule has 1 aromatic rings. The summed E-state index contributed by atoms with van der Waals surface area (Å²) in [6.07, 6.45) is -0.398. The van der Waals surface area contributed by atoms with Gasteiger partial charge < -0.3 is 4.90 Å². The monoisotopic (exact) mass is 337 g/mol. The van der Waals surface area contributed by atoms with Crippen molar-refractivity contribution in [1.82, 2.24) is 0 Å². The van der Waals surface area contributed by atoms with E-state index in [1.54, 1.807) is 0 Å². The number of hydrogen-bond donors (Lipinski definition) is 1. The van der Waals surface area contributed by atoms with Crippen molar-refractivity contribution in [3.63, 3.8) is 0 Å². The van der Waals surface area contributed by atoms with Gasteiger partial charge in [0, 0.05) is 13.0 Å². The molecule has 1 saturated heterocycles. The van der Waals surface area contributed by atoms with Gasteiger partial charge in [-0.3, -0.25) is 14.9 Å². The second-order valence-electron chi connectivity index (χ2n) is 4.43. The first-order valence-corrected chi connectivity index (χ1v) is 7.55. The number of rotatable bonds is 3. The van der Waals surface area contributed by atoms with Crippen LogP contribution in [0.4, 0.5) is 15.8 Å². The van der Waals surface area contributed by atoms with Gasteiger partial charge in [0.25, 0.3) is 5.69 Å². The van der Waals surface area contributed by atoms with E-state index in [-0.39, 0.29) is 12.2 Å². The van der Waals surface area contributed by atoms with Gasteiger partial charge >= 0.3 is 0 Å². The molecule has 11 heteroatoms. The molecule has 2 rings (SSSR count). The predicted molar refractivity (Wildman–Crippen MR) is 71.9 cm³/mol. The standard InChI is InChI=1S/C10H9ClFN3O5S/c11-6-2-8(9(15(17)18)3-7(6)12)14-4-5(1-10(14)16)21(13,19)20/h2-3,5H,1,4H2,(H2,13,19,20). The van der Waals surface area contributed by atoms with E-state index in [0.29, 0.717) is 6.07 Å². The molecule has 1 fully saturated rings. The van der Waals surface area contributed by atoms with Crippen LogP contribution in [-0.2, 0) is 14.8 Å². The number of nitrogens with two attached hydrogens (primary N) is 1. The van der Waals surface area contributed by atoms with E-state index in [1.165, 1.54) is 0 Å². The van der Waals surface area contributed by atoms with Crippen LogP contribution in [0.3, 0.4) is 0 Å². The smallest absolute Gasteiger partial charge is 0.295 e. The van der Waals surface area contributed by atoms with Crippen molar-refractivity contribution in [1.29, 1.82) is 0 Å². The molecule has 1 atom stereocenters. The zero-order chi connectivity index (χ0) is 15.9. The molecule has 0 spiro atoms. The number of nitro groups is 1. The number of carbonyl (C=O) groups is 1. The van der Waals surface area contributed by atoms with Crippen LogP contribution in [0.1, 0.15) is 6.42 Å². The van der Waals surface area contributed by atoms with Crippen LogP contribution >= 0.6 is 11.6 Å². The number of primary sulfonamides is 1. The van der Waals surface area contributed by atoms with E-state index in [4.69, 9.17) is 16.7 Å². The molecule has 21 heavy (non-hydrogen) atoms. The molecule has 0 aliphatic carbocycles. The topological polar surface area (TPSA) is 124 Å². The number of hydrogen-bond acceptors (Lipinski definition) is 5. The summed E-state index contributed by atoms with van der Waals surface area (Å²) in [5.41, 5.74) is -0.942. The molecule has 1 heterocycles. The van der Waals surface area contributed by atoms with Crippen molar-refractivity contribution >= 4 is 38.9 Å². The molecule has 0 radical (unpaired) electrons. The van der Waals surface area contributed by atoms with E-state index >= 15 is 0 Å². The molecule has 1 unspecified atom stereocenters. The molecule has 2 N–H and O–H groups in total. The number of halogens is 2. The maximum Gasteiger partial charge on any atom is 0.295 e. The normalized spacial score (nSPS) is 19.1. The van der Waals surface area contributed by atoms with E-state index in [1.807, 2.05) is 0 Å². The Morgan fingerprint density at radius 2 is 2.10 bits per heavy atom. The Labute approximate surface area is 123 Å². The highest BCUT2D eigenvalue weighted by Crippen LogP contribution is 2.36. The van der Waals surface area contributed by atoms with Gasteiger partial charge in [0.1, 0.15) is 16.8 Å². The van der Waals surface area contributed by atoms with E-state index in [2.05, 4.69) is 0 Å². The highest BCUT2D eigenvalue weighted by Gasteiger charge is 2.39. The van der Waals surface area contributed by atoms with E-state index in [9.17, 15) is 27.7 Å². The zero-order valence-corrected chi connectivity index (χ0v) is 11.9. The van der Waals surface area contributed by atoms with Crippen LogP contribution in [0.2, 0.25) is 5.02 Å². The van der Waals surface area contributed by atoms with Crippen LogP contribution in [0.25, 0.3) is 0 Å². The quantitative estimate of drug-likeness (QED) is 0.644. The average molecular weight is 338 g/mol. The van der Waals surface area contributed by atoms with Crippen LogP contribution in [0.5, 0.6) is 0 Å². The minimum absolute atomic E-state index is 0.262. The van der Waals surface area contributed by atoms with Gasteiger partial charge in [-0.1, -0.05) is 11.6 Å². The largest absolute Gasteiger partial charge is 0.305 e. The van der Waals surface area contributed by atoms with Crippen LogP contribution in [0.15, 0.2) is 12.1 Å². The summed E-state index contributed by atoms with van der Waals surface area (Å²) >= 11 is 5.56. The van der Waals surface area contributed by atoms with Gasteiger partial charge in [0.15, 0.2) is 0 Å².